The van der Waals surface area contributed by atoms with E-state index in [0.29, 0.717) is 5.41 Å². The fraction of sp³-hybridized carbons (Fsp3) is 0.667. The lowest BCUT2D eigenvalue weighted by atomic mass is 9.67. The SMILES string of the molecule is CCCC(c1ccccc1)C1CCC(C)(C)CC1. The van der Waals surface area contributed by atoms with Crippen molar-refractivity contribution in [3.63, 3.8) is 0 Å². The average molecular weight is 244 g/mol. The molecule has 1 fully saturated rings. The van der Waals surface area contributed by atoms with Gasteiger partial charge in [0, 0.05) is 0 Å². The molecule has 0 heteroatoms. The molecule has 2 rings (SSSR count). The Bertz CT molecular complexity index is 340. The van der Waals surface area contributed by atoms with E-state index in [0.717, 1.165) is 11.8 Å². The van der Waals surface area contributed by atoms with Crippen LogP contribution in [0.3, 0.4) is 0 Å². The van der Waals surface area contributed by atoms with E-state index < -0.39 is 0 Å². The van der Waals surface area contributed by atoms with Crippen LogP contribution < -0.4 is 0 Å². The third-order valence-corrected chi connectivity index (χ3v) is 4.78. The Labute approximate surface area is 113 Å². The first kappa shape index (κ1) is 13.6. The van der Waals surface area contributed by atoms with Crippen LogP contribution in [0.5, 0.6) is 0 Å². The van der Waals surface area contributed by atoms with Crippen molar-refractivity contribution in [1.82, 2.24) is 0 Å². The normalized spacial score (nSPS) is 21.7. The predicted molar refractivity (Wildman–Crippen MR) is 79.8 cm³/mol. The molecule has 0 spiro atoms. The first-order chi connectivity index (χ1) is 8.62. The molecule has 0 bridgehead atoms. The summed E-state index contributed by atoms with van der Waals surface area (Å²) in [5.41, 5.74) is 2.16. The standard InChI is InChI=1S/C18H28/c1-4-8-17(15-9-6-5-7-10-15)16-11-13-18(2,3)14-12-16/h5-7,9-10,16-17H,4,8,11-14H2,1-3H3. The van der Waals surface area contributed by atoms with Crippen molar-refractivity contribution in [2.45, 2.75) is 65.2 Å². The molecule has 1 saturated carbocycles. The molecular weight excluding hydrogens is 216 g/mol. The van der Waals surface area contributed by atoms with Gasteiger partial charge in [0.25, 0.3) is 0 Å². The van der Waals surface area contributed by atoms with Crippen molar-refractivity contribution in [2.75, 3.05) is 0 Å². The molecule has 0 amide bonds. The number of rotatable bonds is 4. The van der Waals surface area contributed by atoms with E-state index in [-0.39, 0.29) is 0 Å². The summed E-state index contributed by atoms with van der Waals surface area (Å²) < 4.78 is 0. The van der Waals surface area contributed by atoms with Gasteiger partial charge in [-0.25, -0.2) is 0 Å². The predicted octanol–water partition coefficient (Wildman–Crippen LogP) is 5.79. The molecule has 18 heavy (non-hydrogen) atoms. The first-order valence-electron chi connectivity index (χ1n) is 7.67. The highest BCUT2D eigenvalue weighted by Gasteiger charge is 2.31. The van der Waals surface area contributed by atoms with Crippen LogP contribution >= 0.6 is 0 Å². The van der Waals surface area contributed by atoms with Crippen LogP contribution in [0.25, 0.3) is 0 Å². The minimum Gasteiger partial charge on any atom is -0.0654 e. The zero-order valence-electron chi connectivity index (χ0n) is 12.3. The number of benzene rings is 1. The second-order valence-corrected chi connectivity index (χ2v) is 6.81. The second-order valence-electron chi connectivity index (χ2n) is 6.81. The topological polar surface area (TPSA) is 0 Å². The molecule has 0 aromatic heterocycles. The molecule has 100 valence electrons. The highest BCUT2D eigenvalue weighted by atomic mass is 14.4. The maximum atomic E-state index is 2.43. The zero-order valence-corrected chi connectivity index (χ0v) is 12.3. The Balaban J connectivity index is 2.07. The summed E-state index contributed by atoms with van der Waals surface area (Å²) in [5, 5.41) is 0. The molecule has 0 aliphatic heterocycles. The fourth-order valence-corrected chi connectivity index (χ4v) is 3.51. The van der Waals surface area contributed by atoms with Crippen molar-refractivity contribution in [3.8, 4) is 0 Å². The third-order valence-electron chi connectivity index (χ3n) is 4.78. The Morgan fingerprint density at radius 3 is 2.28 bits per heavy atom. The summed E-state index contributed by atoms with van der Waals surface area (Å²) in [6.07, 6.45) is 8.32. The second kappa shape index (κ2) is 5.91. The van der Waals surface area contributed by atoms with Crippen molar-refractivity contribution in [2.24, 2.45) is 11.3 Å². The van der Waals surface area contributed by atoms with E-state index in [4.69, 9.17) is 0 Å². The average Bonchev–Trinajstić information content (AvgIpc) is 2.38. The van der Waals surface area contributed by atoms with Gasteiger partial charge in [-0.15, -0.1) is 0 Å². The van der Waals surface area contributed by atoms with Crippen LogP contribution in [0.2, 0.25) is 0 Å². The van der Waals surface area contributed by atoms with Gasteiger partial charge < -0.3 is 0 Å². The molecule has 1 aliphatic carbocycles. The van der Waals surface area contributed by atoms with Crippen LogP contribution in [-0.4, -0.2) is 0 Å². The molecule has 1 aromatic carbocycles. The Kier molecular flexibility index (Phi) is 4.48. The van der Waals surface area contributed by atoms with Crippen LogP contribution in [-0.2, 0) is 0 Å². The highest BCUT2D eigenvalue weighted by molar-refractivity contribution is 5.20. The van der Waals surface area contributed by atoms with Crippen molar-refractivity contribution >= 4 is 0 Å². The lowest BCUT2D eigenvalue weighted by molar-refractivity contribution is 0.169. The van der Waals surface area contributed by atoms with Gasteiger partial charge in [-0.05, 0) is 54.9 Å². The quantitative estimate of drug-likeness (QED) is 0.629. The zero-order chi connectivity index (χ0) is 13.0. The minimum absolute atomic E-state index is 0.587. The van der Waals surface area contributed by atoms with Crippen molar-refractivity contribution in [3.05, 3.63) is 35.9 Å². The van der Waals surface area contributed by atoms with Gasteiger partial charge >= 0.3 is 0 Å². The molecule has 1 atom stereocenters. The molecule has 0 heterocycles. The van der Waals surface area contributed by atoms with Crippen molar-refractivity contribution < 1.29 is 0 Å². The number of hydrogen-bond acceptors (Lipinski definition) is 0. The largest absolute Gasteiger partial charge is 0.0654 e. The fourth-order valence-electron chi connectivity index (χ4n) is 3.51. The lowest BCUT2D eigenvalue weighted by Gasteiger charge is -2.38. The van der Waals surface area contributed by atoms with E-state index in [2.05, 4.69) is 51.1 Å². The third kappa shape index (κ3) is 3.37. The summed E-state index contributed by atoms with van der Waals surface area (Å²) in [4.78, 5) is 0. The highest BCUT2D eigenvalue weighted by Crippen LogP contribution is 2.44. The van der Waals surface area contributed by atoms with E-state index in [1.807, 2.05) is 0 Å². The van der Waals surface area contributed by atoms with E-state index in [1.165, 1.54) is 38.5 Å². The molecule has 0 nitrogen and oxygen atoms in total. The molecule has 0 N–H and O–H groups in total. The maximum absolute atomic E-state index is 2.43. The summed E-state index contributed by atoms with van der Waals surface area (Å²) in [6, 6.07) is 11.2. The van der Waals surface area contributed by atoms with Gasteiger partial charge in [0.05, 0.1) is 0 Å². The van der Waals surface area contributed by atoms with Crippen LogP contribution in [0, 0.1) is 11.3 Å². The summed E-state index contributed by atoms with van der Waals surface area (Å²) in [6.45, 7) is 7.18. The number of hydrogen-bond donors (Lipinski definition) is 0. The van der Waals surface area contributed by atoms with Gasteiger partial charge in [0.2, 0.25) is 0 Å². The van der Waals surface area contributed by atoms with E-state index >= 15 is 0 Å². The van der Waals surface area contributed by atoms with E-state index in [9.17, 15) is 0 Å². The maximum Gasteiger partial charge on any atom is -0.0134 e. The smallest absolute Gasteiger partial charge is 0.0134 e. The van der Waals surface area contributed by atoms with Crippen LogP contribution in [0.4, 0.5) is 0 Å². The minimum atomic E-state index is 0.587. The Morgan fingerprint density at radius 2 is 1.72 bits per heavy atom. The van der Waals surface area contributed by atoms with Crippen LogP contribution in [0.1, 0.15) is 70.8 Å². The van der Waals surface area contributed by atoms with Gasteiger partial charge in [-0.2, -0.15) is 0 Å². The van der Waals surface area contributed by atoms with E-state index in [1.54, 1.807) is 5.56 Å². The Hall–Kier alpha value is -0.780. The Morgan fingerprint density at radius 1 is 1.11 bits per heavy atom. The van der Waals surface area contributed by atoms with Gasteiger partial charge in [0.15, 0.2) is 0 Å². The molecule has 0 saturated heterocycles. The summed E-state index contributed by atoms with van der Waals surface area (Å²) in [5.74, 6) is 1.72. The molecule has 1 aliphatic rings. The molecule has 1 unspecified atom stereocenters. The summed E-state index contributed by atoms with van der Waals surface area (Å²) in [7, 11) is 0. The monoisotopic (exact) mass is 244 g/mol. The molecule has 1 aromatic rings. The summed E-state index contributed by atoms with van der Waals surface area (Å²) >= 11 is 0. The molecule has 0 radical (unpaired) electrons. The van der Waals surface area contributed by atoms with Gasteiger partial charge in [-0.1, -0.05) is 57.5 Å². The van der Waals surface area contributed by atoms with Crippen molar-refractivity contribution in [1.29, 1.82) is 0 Å². The van der Waals surface area contributed by atoms with Gasteiger partial charge in [0.1, 0.15) is 0 Å². The first-order valence-corrected chi connectivity index (χ1v) is 7.67. The lowest BCUT2D eigenvalue weighted by Crippen LogP contribution is -2.25. The molecular formula is C18H28. The van der Waals surface area contributed by atoms with Crippen LogP contribution in [0.15, 0.2) is 30.3 Å². The van der Waals surface area contributed by atoms with Gasteiger partial charge in [-0.3, -0.25) is 0 Å².